The van der Waals surface area contributed by atoms with Crippen LogP contribution in [0.15, 0.2) is 35.5 Å². The number of hydrogen-bond donors (Lipinski definition) is 1. The summed E-state index contributed by atoms with van der Waals surface area (Å²) in [7, 11) is 3.63. The van der Waals surface area contributed by atoms with Crippen molar-refractivity contribution in [2.45, 2.75) is 29.0 Å². The molecule has 0 aliphatic heterocycles. The van der Waals surface area contributed by atoms with Crippen molar-refractivity contribution < 1.29 is 4.74 Å². The Morgan fingerprint density at radius 1 is 1.45 bits per heavy atom. The molecule has 0 saturated heterocycles. The summed E-state index contributed by atoms with van der Waals surface area (Å²) in [4.78, 5) is 1.18. The van der Waals surface area contributed by atoms with Crippen LogP contribution in [0.4, 0.5) is 0 Å². The topological polar surface area (TPSA) is 53.1 Å². The summed E-state index contributed by atoms with van der Waals surface area (Å²) in [6.45, 7) is 0. The maximum Gasteiger partial charge on any atom is 0.119 e. The van der Waals surface area contributed by atoms with Crippen LogP contribution in [-0.4, -0.2) is 22.1 Å². The van der Waals surface area contributed by atoms with Crippen LogP contribution in [-0.2, 0) is 13.5 Å². The predicted molar refractivity (Wildman–Crippen MR) is 81.1 cm³/mol. The van der Waals surface area contributed by atoms with Crippen LogP contribution in [0.5, 0.6) is 5.75 Å². The summed E-state index contributed by atoms with van der Waals surface area (Å²) in [5, 5.41) is 4.60. The van der Waals surface area contributed by atoms with Gasteiger partial charge in [-0.1, -0.05) is 6.07 Å². The fourth-order valence-corrected chi connectivity index (χ4v) is 3.88. The molecule has 1 aliphatic carbocycles. The van der Waals surface area contributed by atoms with Gasteiger partial charge < -0.3 is 10.5 Å². The molecule has 20 heavy (non-hydrogen) atoms. The van der Waals surface area contributed by atoms with Crippen molar-refractivity contribution in [2.24, 2.45) is 12.8 Å². The Bertz CT molecular complexity index is 611. The molecule has 1 aromatic heterocycles. The van der Waals surface area contributed by atoms with E-state index in [1.807, 2.05) is 42.0 Å². The maximum absolute atomic E-state index is 6.47. The summed E-state index contributed by atoms with van der Waals surface area (Å²) in [5.41, 5.74) is 9.03. The molecule has 2 unspecified atom stereocenters. The van der Waals surface area contributed by atoms with Gasteiger partial charge in [-0.2, -0.15) is 5.10 Å². The number of fused-ring (bicyclic) bond motifs is 1. The molecular formula is C15H19N3OS. The Morgan fingerprint density at radius 3 is 3.00 bits per heavy atom. The number of hydrogen-bond acceptors (Lipinski definition) is 4. The molecule has 0 bridgehead atoms. The van der Waals surface area contributed by atoms with Crippen LogP contribution in [0.25, 0.3) is 0 Å². The second kappa shape index (κ2) is 5.50. The van der Waals surface area contributed by atoms with Gasteiger partial charge in [0.15, 0.2) is 0 Å². The second-order valence-electron chi connectivity index (χ2n) is 5.14. The van der Waals surface area contributed by atoms with Crippen molar-refractivity contribution in [1.29, 1.82) is 0 Å². The van der Waals surface area contributed by atoms with Crippen LogP contribution in [0.1, 0.15) is 23.6 Å². The van der Waals surface area contributed by atoms with Gasteiger partial charge in [0.05, 0.1) is 13.3 Å². The van der Waals surface area contributed by atoms with Gasteiger partial charge in [-0.25, -0.2) is 0 Å². The molecule has 5 heteroatoms. The third-order valence-electron chi connectivity index (χ3n) is 3.78. The van der Waals surface area contributed by atoms with Crippen molar-refractivity contribution >= 4 is 11.8 Å². The Kier molecular flexibility index (Phi) is 3.72. The summed E-state index contributed by atoms with van der Waals surface area (Å²) in [6.07, 6.45) is 6.11. The number of nitrogens with zero attached hydrogens (tertiary/aromatic N) is 2. The first kappa shape index (κ1) is 13.5. The van der Waals surface area contributed by atoms with E-state index >= 15 is 0 Å². The number of thioether (sulfide) groups is 1. The van der Waals surface area contributed by atoms with E-state index in [4.69, 9.17) is 10.5 Å². The molecule has 3 rings (SSSR count). The van der Waals surface area contributed by atoms with Crippen LogP contribution >= 0.6 is 11.8 Å². The molecule has 2 atom stereocenters. The number of benzene rings is 1. The minimum Gasteiger partial charge on any atom is -0.497 e. The molecule has 1 heterocycles. The number of aryl methyl sites for hydroxylation is 2. The van der Waals surface area contributed by atoms with Gasteiger partial charge in [0.25, 0.3) is 0 Å². The summed E-state index contributed by atoms with van der Waals surface area (Å²) in [5.74, 6) is 0.881. The summed E-state index contributed by atoms with van der Waals surface area (Å²) >= 11 is 1.82. The zero-order chi connectivity index (χ0) is 14.1. The molecule has 2 aromatic rings. The van der Waals surface area contributed by atoms with Gasteiger partial charge in [0.2, 0.25) is 0 Å². The maximum atomic E-state index is 6.47. The van der Waals surface area contributed by atoms with E-state index in [0.29, 0.717) is 5.25 Å². The Labute approximate surface area is 123 Å². The Hall–Kier alpha value is -1.46. The van der Waals surface area contributed by atoms with E-state index in [0.717, 1.165) is 18.6 Å². The molecule has 0 saturated carbocycles. The fraction of sp³-hybridized carbons (Fsp3) is 0.400. The minimum atomic E-state index is 0.0408. The number of methoxy groups -OCH3 is 1. The zero-order valence-electron chi connectivity index (χ0n) is 11.7. The predicted octanol–water partition coefficient (Wildman–Crippen LogP) is 2.54. The van der Waals surface area contributed by atoms with Gasteiger partial charge in [0, 0.05) is 29.4 Å². The molecule has 4 nitrogen and oxygen atoms in total. The first-order valence-electron chi connectivity index (χ1n) is 6.75. The molecule has 106 valence electrons. The lowest BCUT2D eigenvalue weighted by molar-refractivity contribution is 0.412. The van der Waals surface area contributed by atoms with Gasteiger partial charge in [-0.05, 0) is 36.1 Å². The average Bonchev–Trinajstić information content (AvgIpc) is 2.87. The van der Waals surface area contributed by atoms with Crippen molar-refractivity contribution in [3.63, 3.8) is 0 Å². The van der Waals surface area contributed by atoms with Crippen LogP contribution in [0, 0.1) is 0 Å². The number of aromatic nitrogens is 2. The van der Waals surface area contributed by atoms with Crippen LogP contribution < -0.4 is 10.5 Å². The third kappa shape index (κ3) is 2.55. The molecule has 1 aromatic carbocycles. The monoisotopic (exact) mass is 289 g/mol. The van der Waals surface area contributed by atoms with E-state index in [9.17, 15) is 0 Å². The van der Waals surface area contributed by atoms with Crippen LogP contribution in [0.3, 0.4) is 0 Å². The zero-order valence-corrected chi connectivity index (χ0v) is 12.6. The first-order chi connectivity index (χ1) is 9.67. The average molecular weight is 289 g/mol. The minimum absolute atomic E-state index is 0.0408. The highest BCUT2D eigenvalue weighted by Gasteiger charge is 2.28. The Morgan fingerprint density at radius 2 is 2.30 bits per heavy atom. The fourth-order valence-electron chi connectivity index (χ4n) is 2.68. The number of ether oxygens (including phenoxy) is 1. The largest absolute Gasteiger partial charge is 0.497 e. The summed E-state index contributed by atoms with van der Waals surface area (Å²) in [6, 6.07) is 6.27. The molecular weight excluding hydrogens is 270 g/mol. The summed E-state index contributed by atoms with van der Waals surface area (Å²) < 4.78 is 7.14. The lowest BCUT2D eigenvalue weighted by Gasteiger charge is -2.30. The van der Waals surface area contributed by atoms with Crippen molar-refractivity contribution in [3.8, 4) is 5.75 Å². The quantitative estimate of drug-likeness (QED) is 0.943. The van der Waals surface area contributed by atoms with Crippen LogP contribution in [0.2, 0.25) is 0 Å². The molecule has 0 radical (unpaired) electrons. The van der Waals surface area contributed by atoms with Gasteiger partial charge in [-0.3, -0.25) is 4.68 Å². The molecule has 0 spiro atoms. The van der Waals surface area contributed by atoms with E-state index in [-0.39, 0.29) is 6.04 Å². The second-order valence-corrected chi connectivity index (χ2v) is 6.45. The van der Waals surface area contributed by atoms with Crippen molar-refractivity contribution in [2.75, 3.05) is 7.11 Å². The van der Waals surface area contributed by atoms with E-state index in [1.54, 1.807) is 7.11 Å². The highest BCUT2D eigenvalue weighted by atomic mass is 32.2. The SMILES string of the molecule is COc1ccc2c(c1)C(N)C(Sc1cnn(C)c1)CC2. The Balaban J connectivity index is 1.82. The lowest BCUT2D eigenvalue weighted by atomic mass is 9.87. The molecule has 0 amide bonds. The van der Waals surface area contributed by atoms with E-state index < -0.39 is 0 Å². The van der Waals surface area contributed by atoms with Gasteiger partial charge >= 0.3 is 0 Å². The normalized spacial score (nSPS) is 21.6. The first-order valence-corrected chi connectivity index (χ1v) is 7.63. The number of rotatable bonds is 3. The van der Waals surface area contributed by atoms with Crippen molar-refractivity contribution in [1.82, 2.24) is 9.78 Å². The molecule has 2 N–H and O–H groups in total. The molecule has 0 fully saturated rings. The van der Waals surface area contributed by atoms with E-state index in [2.05, 4.69) is 17.2 Å². The number of nitrogens with two attached hydrogens (primary N) is 1. The standard InChI is InChI=1S/C15H19N3OS/c1-18-9-12(8-17-18)20-14-6-4-10-3-5-11(19-2)7-13(10)15(14)16/h3,5,7-9,14-15H,4,6,16H2,1-2H3. The lowest BCUT2D eigenvalue weighted by Crippen LogP contribution is -2.29. The van der Waals surface area contributed by atoms with Gasteiger partial charge in [0.1, 0.15) is 5.75 Å². The third-order valence-corrected chi connectivity index (χ3v) is 5.09. The highest BCUT2D eigenvalue weighted by Crippen LogP contribution is 2.39. The van der Waals surface area contributed by atoms with E-state index in [1.165, 1.54) is 16.0 Å². The highest BCUT2D eigenvalue weighted by molar-refractivity contribution is 8.00. The van der Waals surface area contributed by atoms with Gasteiger partial charge in [-0.15, -0.1) is 11.8 Å². The molecule has 1 aliphatic rings. The smallest absolute Gasteiger partial charge is 0.119 e. The van der Waals surface area contributed by atoms with Crippen molar-refractivity contribution in [3.05, 3.63) is 41.7 Å².